The molecule has 0 aromatic carbocycles. The van der Waals surface area contributed by atoms with Gasteiger partial charge in [-0.15, -0.1) is 6.58 Å². The van der Waals surface area contributed by atoms with Crippen LogP contribution in [0, 0.1) is 11.3 Å². The molecule has 11 heavy (non-hydrogen) atoms. The Morgan fingerprint density at radius 1 is 1.45 bits per heavy atom. The van der Waals surface area contributed by atoms with Gasteiger partial charge in [-0.25, -0.2) is 0 Å². The normalized spacial score (nSPS) is 14.5. The van der Waals surface area contributed by atoms with E-state index < -0.39 is 0 Å². The fourth-order valence-electron chi connectivity index (χ4n) is 0.925. The molecular weight excluding hydrogens is 132 g/mol. The molecule has 0 aliphatic heterocycles. The average molecular weight is 154 g/mol. The predicted molar refractivity (Wildman–Crippen MR) is 52.7 cm³/mol. The van der Waals surface area contributed by atoms with Crippen molar-refractivity contribution < 1.29 is 0 Å². The van der Waals surface area contributed by atoms with Crippen molar-refractivity contribution >= 4 is 0 Å². The van der Waals surface area contributed by atoms with Crippen LogP contribution in [0.1, 0.15) is 47.0 Å². The van der Waals surface area contributed by atoms with Gasteiger partial charge in [-0.1, -0.05) is 40.2 Å². The summed E-state index contributed by atoms with van der Waals surface area (Å²) in [5, 5.41) is 0. The van der Waals surface area contributed by atoms with E-state index in [4.69, 9.17) is 0 Å². The SMILES string of the molecule is C=CC(C)(C)CCC(C)CC. The van der Waals surface area contributed by atoms with Crippen LogP contribution < -0.4 is 0 Å². The summed E-state index contributed by atoms with van der Waals surface area (Å²) in [5.74, 6) is 0.870. The Bertz CT molecular complexity index is 111. The zero-order valence-corrected chi connectivity index (χ0v) is 8.48. The van der Waals surface area contributed by atoms with E-state index in [1.807, 2.05) is 0 Å². The molecule has 1 unspecified atom stereocenters. The van der Waals surface area contributed by atoms with Gasteiger partial charge in [0.25, 0.3) is 0 Å². The third-order valence-corrected chi connectivity index (χ3v) is 2.53. The third kappa shape index (κ3) is 5.06. The first-order chi connectivity index (χ1) is 5.02. The highest BCUT2D eigenvalue weighted by Gasteiger charge is 2.13. The van der Waals surface area contributed by atoms with Crippen molar-refractivity contribution in [2.24, 2.45) is 11.3 Å². The Morgan fingerprint density at radius 3 is 2.36 bits per heavy atom. The van der Waals surface area contributed by atoms with E-state index in [2.05, 4.69) is 40.3 Å². The topological polar surface area (TPSA) is 0 Å². The van der Waals surface area contributed by atoms with Crippen LogP contribution in [-0.4, -0.2) is 0 Å². The quantitative estimate of drug-likeness (QED) is 0.524. The molecule has 0 heteroatoms. The minimum Gasteiger partial charge on any atom is -0.103 e. The molecule has 0 aliphatic rings. The van der Waals surface area contributed by atoms with Gasteiger partial charge in [-0.3, -0.25) is 0 Å². The summed E-state index contributed by atoms with van der Waals surface area (Å²) in [5.41, 5.74) is 0.337. The monoisotopic (exact) mass is 154 g/mol. The van der Waals surface area contributed by atoms with E-state index in [1.165, 1.54) is 19.3 Å². The lowest BCUT2D eigenvalue weighted by molar-refractivity contribution is 0.368. The Kier molecular flexibility index (Phi) is 4.48. The Balaban J connectivity index is 3.60. The number of allylic oxidation sites excluding steroid dienone is 1. The summed E-state index contributed by atoms with van der Waals surface area (Å²) >= 11 is 0. The Labute approximate surface area is 71.7 Å². The van der Waals surface area contributed by atoms with E-state index in [0.717, 1.165) is 5.92 Å². The van der Waals surface area contributed by atoms with Crippen LogP contribution in [0.2, 0.25) is 0 Å². The average Bonchev–Trinajstić information content (AvgIpc) is 2.00. The second-order valence-electron chi connectivity index (χ2n) is 4.24. The van der Waals surface area contributed by atoms with Crippen LogP contribution in [0.3, 0.4) is 0 Å². The van der Waals surface area contributed by atoms with Gasteiger partial charge in [0.1, 0.15) is 0 Å². The lowest BCUT2D eigenvalue weighted by Crippen LogP contribution is -2.08. The standard InChI is InChI=1S/C11H22/c1-6-10(3)8-9-11(4,5)7-2/h7,10H,2,6,8-9H2,1,3-5H3. The van der Waals surface area contributed by atoms with Crippen LogP contribution in [-0.2, 0) is 0 Å². The Morgan fingerprint density at radius 2 is 2.00 bits per heavy atom. The van der Waals surface area contributed by atoms with Crippen LogP contribution in [0.25, 0.3) is 0 Å². The van der Waals surface area contributed by atoms with Gasteiger partial charge in [-0.2, -0.15) is 0 Å². The van der Waals surface area contributed by atoms with Crippen molar-refractivity contribution in [3.05, 3.63) is 12.7 Å². The minimum absolute atomic E-state index is 0.337. The van der Waals surface area contributed by atoms with E-state index in [0.29, 0.717) is 5.41 Å². The third-order valence-electron chi connectivity index (χ3n) is 2.53. The molecule has 0 aromatic rings. The van der Waals surface area contributed by atoms with E-state index >= 15 is 0 Å². The molecule has 0 aromatic heterocycles. The fourth-order valence-corrected chi connectivity index (χ4v) is 0.925. The fraction of sp³-hybridized carbons (Fsp3) is 0.818. The van der Waals surface area contributed by atoms with Crippen LogP contribution in [0.4, 0.5) is 0 Å². The molecular formula is C11H22. The predicted octanol–water partition coefficient (Wildman–Crippen LogP) is 4.02. The zero-order chi connectivity index (χ0) is 8.91. The van der Waals surface area contributed by atoms with Crippen LogP contribution >= 0.6 is 0 Å². The molecule has 0 aliphatic carbocycles. The molecule has 0 bridgehead atoms. The smallest absolute Gasteiger partial charge is 0.0177 e. The minimum atomic E-state index is 0.337. The Hall–Kier alpha value is -0.260. The molecule has 0 radical (unpaired) electrons. The number of rotatable bonds is 5. The summed E-state index contributed by atoms with van der Waals surface area (Å²) in [6.07, 6.45) is 5.96. The van der Waals surface area contributed by atoms with Gasteiger partial charge in [0, 0.05) is 0 Å². The zero-order valence-electron chi connectivity index (χ0n) is 8.48. The van der Waals surface area contributed by atoms with Gasteiger partial charge in [0.05, 0.1) is 0 Å². The lowest BCUT2D eigenvalue weighted by atomic mass is 9.85. The molecule has 66 valence electrons. The van der Waals surface area contributed by atoms with Crippen molar-refractivity contribution in [3.8, 4) is 0 Å². The summed E-state index contributed by atoms with van der Waals surface area (Å²) < 4.78 is 0. The van der Waals surface area contributed by atoms with E-state index in [9.17, 15) is 0 Å². The maximum absolute atomic E-state index is 3.84. The van der Waals surface area contributed by atoms with Gasteiger partial charge in [-0.05, 0) is 24.2 Å². The number of hydrogen-bond donors (Lipinski definition) is 0. The van der Waals surface area contributed by atoms with Crippen LogP contribution in [0.15, 0.2) is 12.7 Å². The van der Waals surface area contributed by atoms with Gasteiger partial charge >= 0.3 is 0 Å². The second-order valence-corrected chi connectivity index (χ2v) is 4.24. The van der Waals surface area contributed by atoms with Crippen molar-refractivity contribution in [1.82, 2.24) is 0 Å². The highest BCUT2D eigenvalue weighted by molar-refractivity contribution is 4.87. The molecule has 0 amide bonds. The van der Waals surface area contributed by atoms with Gasteiger partial charge < -0.3 is 0 Å². The van der Waals surface area contributed by atoms with E-state index in [1.54, 1.807) is 0 Å². The summed E-state index contributed by atoms with van der Waals surface area (Å²) in [7, 11) is 0. The highest BCUT2D eigenvalue weighted by Crippen LogP contribution is 2.26. The number of hydrogen-bond acceptors (Lipinski definition) is 0. The van der Waals surface area contributed by atoms with Crippen molar-refractivity contribution in [1.29, 1.82) is 0 Å². The van der Waals surface area contributed by atoms with Crippen molar-refractivity contribution in [3.63, 3.8) is 0 Å². The van der Waals surface area contributed by atoms with Crippen molar-refractivity contribution in [2.45, 2.75) is 47.0 Å². The van der Waals surface area contributed by atoms with Crippen molar-refractivity contribution in [2.75, 3.05) is 0 Å². The molecule has 0 fully saturated rings. The molecule has 0 nitrogen and oxygen atoms in total. The molecule has 0 rings (SSSR count). The molecule has 0 saturated heterocycles. The van der Waals surface area contributed by atoms with Gasteiger partial charge in [0.15, 0.2) is 0 Å². The largest absolute Gasteiger partial charge is 0.103 e. The van der Waals surface area contributed by atoms with Crippen LogP contribution in [0.5, 0.6) is 0 Å². The molecule has 0 saturated carbocycles. The summed E-state index contributed by atoms with van der Waals surface area (Å²) in [6, 6.07) is 0. The first-order valence-electron chi connectivity index (χ1n) is 4.65. The molecule has 0 N–H and O–H groups in total. The summed E-state index contributed by atoms with van der Waals surface area (Å²) in [6.45, 7) is 12.9. The first-order valence-corrected chi connectivity index (χ1v) is 4.65. The molecule has 0 heterocycles. The maximum Gasteiger partial charge on any atom is -0.0177 e. The summed E-state index contributed by atoms with van der Waals surface area (Å²) in [4.78, 5) is 0. The van der Waals surface area contributed by atoms with E-state index in [-0.39, 0.29) is 0 Å². The molecule has 0 spiro atoms. The molecule has 1 atom stereocenters. The first kappa shape index (κ1) is 10.7. The maximum atomic E-state index is 3.84. The highest BCUT2D eigenvalue weighted by atomic mass is 14.2. The second kappa shape index (κ2) is 4.58. The van der Waals surface area contributed by atoms with Gasteiger partial charge in [0.2, 0.25) is 0 Å². The lowest BCUT2D eigenvalue weighted by Gasteiger charge is -2.21.